The van der Waals surface area contributed by atoms with E-state index in [9.17, 15) is 9.59 Å². The molecule has 4 aromatic carbocycles. The third-order valence-corrected chi connectivity index (χ3v) is 6.43. The van der Waals surface area contributed by atoms with Gasteiger partial charge in [-0.15, -0.1) is 0 Å². The summed E-state index contributed by atoms with van der Waals surface area (Å²) >= 11 is 15.4. The van der Waals surface area contributed by atoms with E-state index in [1.807, 2.05) is 49.4 Å². The molecule has 0 atom stereocenters. The van der Waals surface area contributed by atoms with Gasteiger partial charge >= 0.3 is 0 Å². The van der Waals surface area contributed by atoms with Crippen LogP contribution in [0.5, 0.6) is 5.75 Å². The summed E-state index contributed by atoms with van der Waals surface area (Å²) in [5.41, 5.74) is 1.92. The van der Waals surface area contributed by atoms with Crippen LogP contribution in [0.4, 0.5) is 11.4 Å². The summed E-state index contributed by atoms with van der Waals surface area (Å²) in [7, 11) is 0. The fourth-order valence-corrected chi connectivity index (χ4v) is 5.09. The van der Waals surface area contributed by atoms with Gasteiger partial charge in [0, 0.05) is 28.2 Å². The van der Waals surface area contributed by atoms with E-state index in [2.05, 4.69) is 21.2 Å². The molecule has 4 aromatic rings. The van der Waals surface area contributed by atoms with Gasteiger partial charge in [0.15, 0.2) is 12.4 Å². The van der Waals surface area contributed by atoms with Gasteiger partial charge in [-0.2, -0.15) is 0 Å². The number of nitrogens with zero attached hydrogens (tertiary/aromatic N) is 1. The highest BCUT2D eigenvalue weighted by Crippen LogP contribution is 2.36. The third-order valence-electron chi connectivity index (χ3n) is 5.35. The van der Waals surface area contributed by atoms with Crippen LogP contribution in [0.1, 0.15) is 17.3 Å². The van der Waals surface area contributed by atoms with Gasteiger partial charge < -0.3 is 15.0 Å². The number of carbonyl (C=O) groups excluding carboxylic acids is 2. The third kappa shape index (κ3) is 5.78. The first kappa shape index (κ1) is 25.0. The van der Waals surface area contributed by atoms with E-state index in [1.54, 1.807) is 35.2 Å². The van der Waals surface area contributed by atoms with Crippen molar-refractivity contribution in [2.75, 3.05) is 23.4 Å². The number of fused-ring (bicyclic) bond motifs is 1. The molecule has 4 rings (SSSR count). The Bertz CT molecular complexity index is 1360. The lowest BCUT2D eigenvalue weighted by Gasteiger charge is -2.23. The average Bonchev–Trinajstić information content (AvgIpc) is 2.84. The molecule has 0 saturated carbocycles. The molecule has 0 unspecified atom stereocenters. The molecular weight excluding hydrogens is 551 g/mol. The number of amides is 2. The Kier molecular flexibility index (Phi) is 7.96. The quantitative estimate of drug-likeness (QED) is 0.248. The number of benzene rings is 4. The van der Waals surface area contributed by atoms with E-state index in [1.165, 1.54) is 6.07 Å². The summed E-state index contributed by atoms with van der Waals surface area (Å²) in [5, 5.41) is 5.59. The largest absolute Gasteiger partial charge is 0.481 e. The van der Waals surface area contributed by atoms with Crippen molar-refractivity contribution in [2.24, 2.45) is 0 Å². The van der Waals surface area contributed by atoms with Gasteiger partial charge in [0.05, 0.1) is 15.2 Å². The van der Waals surface area contributed by atoms with Gasteiger partial charge in [-0.25, -0.2) is 0 Å². The van der Waals surface area contributed by atoms with Crippen LogP contribution in [0, 0.1) is 0 Å². The van der Waals surface area contributed by atoms with Crippen LogP contribution in [0.3, 0.4) is 0 Å². The molecule has 0 aliphatic heterocycles. The first-order valence-corrected chi connectivity index (χ1v) is 12.4. The van der Waals surface area contributed by atoms with Crippen LogP contribution >= 0.6 is 39.1 Å². The SMILES string of the molecule is CCN(C(=O)c1ccc(NC(=O)COc2c(Cl)cc(Cl)cc2Br)cc1)c1cccc2ccccc12. The molecule has 178 valence electrons. The van der Waals surface area contributed by atoms with Crippen molar-refractivity contribution in [3.63, 3.8) is 0 Å². The lowest BCUT2D eigenvalue weighted by atomic mass is 10.1. The Morgan fingerprint density at radius 3 is 2.40 bits per heavy atom. The van der Waals surface area contributed by atoms with Crippen molar-refractivity contribution in [1.82, 2.24) is 0 Å². The molecule has 8 heteroatoms. The zero-order valence-electron chi connectivity index (χ0n) is 18.7. The Balaban J connectivity index is 1.43. The molecule has 0 aromatic heterocycles. The highest BCUT2D eigenvalue weighted by Gasteiger charge is 2.18. The van der Waals surface area contributed by atoms with Crippen molar-refractivity contribution in [3.8, 4) is 5.75 Å². The minimum Gasteiger partial charge on any atom is -0.481 e. The molecule has 0 bridgehead atoms. The van der Waals surface area contributed by atoms with Crippen molar-refractivity contribution < 1.29 is 14.3 Å². The lowest BCUT2D eigenvalue weighted by molar-refractivity contribution is -0.118. The molecule has 5 nitrogen and oxygen atoms in total. The van der Waals surface area contributed by atoms with E-state index in [0.29, 0.717) is 38.1 Å². The van der Waals surface area contributed by atoms with Crippen molar-refractivity contribution in [3.05, 3.63) is 98.9 Å². The number of ether oxygens (including phenoxy) is 1. The van der Waals surface area contributed by atoms with Crippen molar-refractivity contribution >= 4 is 73.1 Å². The fourth-order valence-electron chi connectivity index (χ4n) is 3.72. The minimum absolute atomic E-state index is 0.118. The van der Waals surface area contributed by atoms with Crippen LogP contribution in [-0.4, -0.2) is 25.0 Å². The summed E-state index contributed by atoms with van der Waals surface area (Å²) in [6, 6.07) is 23.8. The van der Waals surface area contributed by atoms with E-state index in [-0.39, 0.29) is 18.4 Å². The topological polar surface area (TPSA) is 58.6 Å². The zero-order chi connectivity index (χ0) is 24.9. The highest BCUT2D eigenvalue weighted by atomic mass is 79.9. The Morgan fingerprint density at radius 1 is 0.971 bits per heavy atom. The van der Waals surface area contributed by atoms with Gasteiger partial charge in [-0.05, 0) is 70.7 Å². The minimum atomic E-state index is -0.368. The number of hydrogen-bond donors (Lipinski definition) is 1. The second kappa shape index (κ2) is 11.1. The first-order chi connectivity index (χ1) is 16.9. The van der Waals surface area contributed by atoms with Gasteiger partial charge in [0.2, 0.25) is 0 Å². The maximum Gasteiger partial charge on any atom is 0.262 e. The fraction of sp³-hybridized carbons (Fsp3) is 0.111. The Hall–Kier alpha value is -3.06. The highest BCUT2D eigenvalue weighted by molar-refractivity contribution is 9.10. The number of carbonyl (C=O) groups is 2. The van der Waals surface area contributed by atoms with E-state index in [0.717, 1.165) is 16.5 Å². The number of rotatable bonds is 7. The summed E-state index contributed by atoms with van der Waals surface area (Å²) in [6.07, 6.45) is 0. The van der Waals surface area contributed by atoms with Gasteiger partial charge in [-0.3, -0.25) is 9.59 Å². The van der Waals surface area contributed by atoms with Gasteiger partial charge in [0.25, 0.3) is 11.8 Å². The predicted molar refractivity (Wildman–Crippen MR) is 146 cm³/mol. The summed E-state index contributed by atoms with van der Waals surface area (Å²) < 4.78 is 6.09. The van der Waals surface area contributed by atoms with Crippen LogP contribution < -0.4 is 15.0 Å². The zero-order valence-corrected chi connectivity index (χ0v) is 21.8. The Labute approximate surface area is 221 Å². The number of halogens is 3. The van der Waals surface area contributed by atoms with Gasteiger partial charge in [-0.1, -0.05) is 59.6 Å². The van der Waals surface area contributed by atoms with E-state index in [4.69, 9.17) is 27.9 Å². The molecule has 0 aliphatic carbocycles. The van der Waals surface area contributed by atoms with Crippen LogP contribution in [0.25, 0.3) is 10.8 Å². The van der Waals surface area contributed by atoms with Crippen molar-refractivity contribution in [1.29, 1.82) is 0 Å². The molecule has 0 fully saturated rings. The smallest absolute Gasteiger partial charge is 0.262 e. The van der Waals surface area contributed by atoms with Crippen molar-refractivity contribution in [2.45, 2.75) is 6.92 Å². The number of anilines is 2. The summed E-state index contributed by atoms with van der Waals surface area (Å²) in [5.74, 6) is -0.152. The number of nitrogens with one attached hydrogen (secondary N) is 1. The molecule has 0 spiro atoms. The molecule has 1 N–H and O–H groups in total. The van der Waals surface area contributed by atoms with Crippen LogP contribution in [-0.2, 0) is 4.79 Å². The molecule has 0 aliphatic rings. The first-order valence-electron chi connectivity index (χ1n) is 10.8. The monoisotopic (exact) mass is 570 g/mol. The Morgan fingerprint density at radius 2 is 1.69 bits per heavy atom. The van der Waals surface area contributed by atoms with E-state index >= 15 is 0 Å². The molecule has 2 amide bonds. The number of hydrogen-bond acceptors (Lipinski definition) is 3. The van der Waals surface area contributed by atoms with E-state index < -0.39 is 0 Å². The molecule has 0 heterocycles. The average molecular weight is 572 g/mol. The summed E-state index contributed by atoms with van der Waals surface area (Å²) in [4.78, 5) is 27.4. The second-order valence-corrected chi connectivity index (χ2v) is 9.36. The van der Waals surface area contributed by atoms with Gasteiger partial charge in [0.1, 0.15) is 0 Å². The molecule has 0 saturated heterocycles. The van der Waals surface area contributed by atoms with Crippen LogP contribution in [0.15, 0.2) is 83.3 Å². The lowest BCUT2D eigenvalue weighted by Crippen LogP contribution is -2.30. The summed E-state index contributed by atoms with van der Waals surface area (Å²) in [6.45, 7) is 2.22. The standard InChI is InChI=1S/C27H21BrCl2N2O3/c1-2-32(24-9-5-7-17-6-3-4-8-21(17)24)27(34)18-10-12-20(13-11-18)31-25(33)16-35-26-22(28)14-19(29)15-23(26)30/h3-15H,2,16H2,1H3,(H,31,33). The normalized spacial score (nSPS) is 10.7. The maximum atomic E-state index is 13.3. The molecule has 35 heavy (non-hydrogen) atoms. The van der Waals surface area contributed by atoms with Crippen LogP contribution in [0.2, 0.25) is 10.0 Å². The maximum absolute atomic E-state index is 13.3. The second-order valence-electron chi connectivity index (χ2n) is 7.66. The molecule has 0 radical (unpaired) electrons. The predicted octanol–water partition coefficient (Wildman–Crippen LogP) is 7.59. The molecular formula is C27H21BrCl2N2O3.